The molecule has 0 radical (unpaired) electrons. The van der Waals surface area contributed by atoms with E-state index in [2.05, 4.69) is 5.32 Å². The van der Waals surface area contributed by atoms with Gasteiger partial charge in [-0.3, -0.25) is 9.59 Å². The van der Waals surface area contributed by atoms with Crippen molar-refractivity contribution in [1.82, 2.24) is 5.32 Å². The van der Waals surface area contributed by atoms with E-state index in [9.17, 15) is 9.59 Å². The summed E-state index contributed by atoms with van der Waals surface area (Å²) in [6, 6.07) is 6.75. The van der Waals surface area contributed by atoms with Crippen LogP contribution in [0.1, 0.15) is 23.7 Å². The predicted octanol–water partition coefficient (Wildman–Crippen LogP) is 0.733. The van der Waals surface area contributed by atoms with Gasteiger partial charge in [-0.1, -0.05) is 12.1 Å². The molecule has 0 unspecified atom stereocenters. The van der Waals surface area contributed by atoms with Crippen LogP contribution in [0.5, 0.6) is 5.75 Å². The number of carbonyl (C=O) groups is 2. The zero-order valence-corrected chi connectivity index (χ0v) is 10.4. The van der Waals surface area contributed by atoms with Crippen LogP contribution in [0.25, 0.3) is 0 Å². The first-order chi connectivity index (χ1) is 8.63. The standard InChI is InChI=1S/C13H18N2O3/c1-10(16)11-4-2-5-12(8-11)18-9-13(17)15-7-3-6-14/h2,4-5,8H,3,6-7,9,14H2,1H3,(H,15,17). The van der Waals surface area contributed by atoms with Crippen LogP contribution < -0.4 is 15.8 Å². The molecule has 1 aromatic rings. The Kier molecular flexibility index (Phi) is 5.87. The van der Waals surface area contributed by atoms with E-state index in [-0.39, 0.29) is 18.3 Å². The summed E-state index contributed by atoms with van der Waals surface area (Å²) in [6.07, 6.45) is 0.742. The van der Waals surface area contributed by atoms with Crippen LogP contribution in [-0.2, 0) is 4.79 Å². The highest BCUT2D eigenvalue weighted by Gasteiger charge is 2.04. The molecule has 0 bridgehead atoms. The quantitative estimate of drug-likeness (QED) is 0.552. The molecule has 0 aliphatic rings. The normalized spacial score (nSPS) is 9.89. The smallest absolute Gasteiger partial charge is 0.257 e. The summed E-state index contributed by atoms with van der Waals surface area (Å²) in [6.45, 7) is 2.51. The van der Waals surface area contributed by atoms with Crippen LogP contribution in [-0.4, -0.2) is 31.4 Å². The van der Waals surface area contributed by atoms with Crippen molar-refractivity contribution in [2.75, 3.05) is 19.7 Å². The van der Waals surface area contributed by atoms with Gasteiger partial charge in [-0.2, -0.15) is 0 Å². The van der Waals surface area contributed by atoms with Gasteiger partial charge in [0.15, 0.2) is 12.4 Å². The largest absolute Gasteiger partial charge is 0.484 e. The van der Waals surface area contributed by atoms with E-state index in [1.807, 2.05) is 0 Å². The maximum atomic E-state index is 11.4. The van der Waals surface area contributed by atoms with E-state index in [0.29, 0.717) is 24.4 Å². The van der Waals surface area contributed by atoms with Gasteiger partial charge in [0, 0.05) is 12.1 Å². The first kappa shape index (κ1) is 14.2. The molecule has 0 spiro atoms. The Morgan fingerprint density at radius 1 is 1.39 bits per heavy atom. The lowest BCUT2D eigenvalue weighted by Gasteiger charge is -2.07. The van der Waals surface area contributed by atoms with Crippen molar-refractivity contribution in [2.45, 2.75) is 13.3 Å². The number of ketones is 1. The third-order valence-corrected chi connectivity index (χ3v) is 2.31. The number of benzene rings is 1. The molecule has 3 N–H and O–H groups in total. The molecule has 1 amide bonds. The van der Waals surface area contributed by atoms with Crippen molar-refractivity contribution in [1.29, 1.82) is 0 Å². The fraction of sp³-hybridized carbons (Fsp3) is 0.385. The number of nitrogens with one attached hydrogen (secondary N) is 1. The molecule has 1 aromatic carbocycles. The highest BCUT2D eigenvalue weighted by Crippen LogP contribution is 2.13. The maximum absolute atomic E-state index is 11.4. The number of amides is 1. The van der Waals surface area contributed by atoms with Crippen LogP contribution in [0.4, 0.5) is 0 Å². The van der Waals surface area contributed by atoms with Gasteiger partial charge in [-0.05, 0) is 32.0 Å². The second kappa shape index (κ2) is 7.45. The summed E-state index contributed by atoms with van der Waals surface area (Å²) < 4.78 is 5.29. The van der Waals surface area contributed by atoms with Crippen molar-refractivity contribution in [2.24, 2.45) is 5.73 Å². The molecule has 1 rings (SSSR count). The number of hydrogen-bond donors (Lipinski definition) is 2. The summed E-state index contributed by atoms with van der Waals surface area (Å²) >= 11 is 0. The number of hydrogen-bond acceptors (Lipinski definition) is 4. The Morgan fingerprint density at radius 3 is 2.83 bits per heavy atom. The highest BCUT2D eigenvalue weighted by molar-refractivity contribution is 5.94. The molecule has 0 saturated heterocycles. The van der Waals surface area contributed by atoms with E-state index in [0.717, 1.165) is 6.42 Å². The fourth-order valence-corrected chi connectivity index (χ4v) is 1.33. The molecule has 0 aromatic heterocycles. The Labute approximate surface area is 106 Å². The van der Waals surface area contributed by atoms with Gasteiger partial charge in [-0.25, -0.2) is 0 Å². The van der Waals surface area contributed by atoms with Crippen LogP contribution >= 0.6 is 0 Å². The van der Waals surface area contributed by atoms with Gasteiger partial charge < -0.3 is 15.8 Å². The Morgan fingerprint density at radius 2 is 2.17 bits per heavy atom. The minimum Gasteiger partial charge on any atom is -0.484 e. The van der Waals surface area contributed by atoms with Crippen molar-refractivity contribution < 1.29 is 14.3 Å². The second-order valence-corrected chi connectivity index (χ2v) is 3.86. The number of nitrogens with two attached hydrogens (primary N) is 1. The molecule has 98 valence electrons. The van der Waals surface area contributed by atoms with Crippen molar-refractivity contribution in [3.05, 3.63) is 29.8 Å². The van der Waals surface area contributed by atoms with Gasteiger partial charge in [0.05, 0.1) is 0 Å². The topological polar surface area (TPSA) is 81.4 Å². The summed E-state index contributed by atoms with van der Waals surface area (Å²) in [5.41, 5.74) is 5.88. The zero-order chi connectivity index (χ0) is 13.4. The van der Waals surface area contributed by atoms with E-state index in [1.54, 1.807) is 24.3 Å². The highest BCUT2D eigenvalue weighted by atomic mass is 16.5. The number of carbonyl (C=O) groups excluding carboxylic acids is 2. The van der Waals surface area contributed by atoms with E-state index >= 15 is 0 Å². The zero-order valence-electron chi connectivity index (χ0n) is 10.4. The van der Waals surface area contributed by atoms with Gasteiger partial charge in [0.25, 0.3) is 5.91 Å². The minimum absolute atomic E-state index is 0.0344. The number of ether oxygens (including phenoxy) is 1. The van der Waals surface area contributed by atoms with E-state index in [1.165, 1.54) is 6.92 Å². The predicted molar refractivity (Wildman–Crippen MR) is 68.6 cm³/mol. The first-order valence-corrected chi connectivity index (χ1v) is 5.84. The van der Waals surface area contributed by atoms with Gasteiger partial charge in [-0.15, -0.1) is 0 Å². The molecule has 0 atom stereocenters. The van der Waals surface area contributed by atoms with Crippen molar-refractivity contribution >= 4 is 11.7 Å². The van der Waals surface area contributed by atoms with Crippen molar-refractivity contribution in [3.63, 3.8) is 0 Å². The minimum atomic E-state index is -0.198. The lowest BCUT2D eigenvalue weighted by molar-refractivity contribution is -0.123. The molecular weight excluding hydrogens is 232 g/mol. The molecule has 0 aliphatic heterocycles. The average molecular weight is 250 g/mol. The Bertz CT molecular complexity index is 418. The maximum Gasteiger partial charge on any atom is 0.257 e. The SMILES string of the molecule is CC(=O)c1cccc(OCC(=O)NCCCN)c1. The lowest BCUT2D eigenvalue weighted by atomic mass is 10.1. The van der Waals surface area contributed by atoms with Crippen LogP contribution in [0.2, 0.25) is 0 Å². The molecular formula is C13H18N2O3. The summed E-state index contributed by atoms with van der Waals surface area (Å²) in [5.74, 6) is 0.279. The van der Waals surface area contributed by atoms with Crippen LogP contribution in [0, 0.1) is 0 Å². The molecule has 18 heavy (non-hydrogen) atoms. The molecule has 0 heterocycles. The summed E-state index contributed by atoms with van der Waals surface area (Å²) in [4.78, 5) is 22.5. The van der Waals surface area contributed by atoms with Crippen LogP contribution in [0.3, 0.4) is 0 Å². The molecule has 0 aliphatic carbocycles. The summed E-state index contributed by atoms with van der Waals surface area (Å²) in [5, 5.41) is 2.68. The number of rotatable bonds is 7. The summed E-state index contributed by atoms with van der Waals surface area (Å²) in [7, 11) is 0. The van der Waals surface area contributed by atoms with E-state index < -0.39 is 0 Å². The molecule has 0 saturated carbocycles. The van der Waals surface area contributed by atoms with Crippen molar-refractivity contribution in [3.8, 4) is 5.75 Å². The number of Topliss-reactive ketones (excluding diaryl/α,β-unsaturated/α-hetero) is 1. The van der Waals surface area contributed by atoms with Gasteiger partial charge in [0.2, 0.25) is 0 Å². The Balaban J connectivity index is 2.41. The third-order valence-electron chi connectivity index (χ3n) is 2.31. The third kappa shape index (κ3) is 4.97. The van der Waals surface area contributed by atoms with Crippen LogP contribution in [0.15, 0.2) is 24.3 Å². The second-order valence-electron chi connectivity index (χ2n) is 3.86. The van der Waals surface area contributed by atoms with E-state index in [4.69, 9.17) is 10.5 Å². The molecule has 5 heteroatoms. The van der Waals surface area contributed by atoms with Gasteiger partial charge in [0.1, 0.15) is 5.75 Å². The monoisotopic (exact) mass is 250 g/mol. The van der Waals surface area contributed by atoms with Gasteiger partial charge >= 0.3 is 0 Å². The molecule has 0 fully saturated rings. The Hall–Kier alpha value is -1.88. The lowest BCUT2D eigenvalue weighted by Crippen LogP contribution is -2.30. The first-order valence-electron chi connectivity index (χ1n) is 5.84. The average Bonchev–Trinajstić information content (AvgIpc) is 2.37. The molecule has 5 nitrogen and oxygen atoms in total. The fourth-order valence-electron chi connectivity index (χ4n) is 1.33.